The van der Waals surface area contributed by atoms with Crippen molar-refractivity contribution >= 4 is 33.8 Å². The number of amides is 1. The van der Waals surface area contributed by atoms with Crippen LogP contribution in [0.3, 0.4) is 0 Å². The number of carbonyl (C=O) groups is 1. The summed E-state index contributed by atoms with van der Waals surface area (Å²) < 4.78 is 35.4. The molecule has 1 aromatic heterocycles. The Kier molecular flexibility index (Phi) is 5.57. The maximum atomic E-state index is 13.0. The van der Waals surface area contributed by atoms with E-state index in [2.05, 4.69) is 19.4 Å². The van der Waals surface area contributed by atoms with Gasteiger partial charge in [0.2, 0.25) is 0 Å². The van der Waals surface area contributed by atoms with Gasteiger partial charge >= 0.3 is 10.2 Å². The molecule has 2 N–H and O–H groups in total. The van der Waals surface area contributed by atoms with E-state index in [0.29, 0.717) is 28.4 Å². The molecule has 1 saturated carbocycles. The van der Waals surface area contributed by atoms with Crippen molar-refractivity contribution in [1.82, 2.24) is 10.3 Å². The predicted octanol–water partition coefficient (Wildman–Crippen LogP) is 2.36. The van der Waals surface area contributed by atoms with Crippen molar-refractivity contribution in [2.45, 2.75) is 31.2 Å². The normalized spacial score (nSPS) is 18.0. The third-order valence-electron chi connectivity index (χ3n) is 5.53. The predicted molar refractivity (Wildman–Crippen MR) is 119 cm³/mol. The Morgan fingerprint density at radius 2 is 2.03 bits per heavy atom. The number of pyridine rings is 1. The van der Waals surface area contributed by atoms with Gasteiger partial charge in [-0.3, -0.25) is 9.52 Å². The Morgan fingerprint density at radius 3 is 2.77 bits per heavy atom. The Hall–Kier alpha value is -3.14. The highest BCUT2D eigenvalue weighted by molar-refractivity contribution is 7.91. The number of benzene rings is 1. The number of rotatable bonds is 6. The molecule has 9 nitrogen and oxygen atoms in total. The fraction of sp³-hybridized carbons (Fsp3) is 0.381. The van der Waals surface area contributed by atoms with Crippen LogP contribution in [0.5, 0.6) is 5.75 Å². The summed E-state index contributed by atoms with van der Waals surface area (Å²) in [5.41, 5.74) is 1.04. The van der Waals surface area contributed by atoms with Crippen LogP contribution in [0, 0.1) is 0 Å². The first-order valence-corrected chi connectivity index (χ1v) is 11.5. The number of hydrogen-bond acceptors (Lipinski definition) is 6. The number of hydrogen-bond donors (Lipinski definition) is 2. The zero-order chi connectivity index (χ0) is 22.1. The molecule has 1 aromatic carbocycles. The van der Waals surface area contributed by atoms with E-state index in [9.17, 15) is 13.2 Å². The largest absolute Gasteiger partial charge is 0.490 e. The van der Waals surface area contributed by atoms with Crippen molar-refractivity contribution in [3.05, 3.63) is 47.7 Å². The fourth-order valence-electron chi connectivity index (χ4n) is 3.87. The standard InChI is InChI=1S/C21H25N5O4S/c1-26(2)19-12-15(8-11-22-19)20(27)24-21(9-3-4-10-21)14-30-18-7-5-6-17-16(18)13-23-31(28,29)25-17/h5-8,11-13,25H,3-4,9-10,14H2,1-2H3,(H,24,27). The van der Waals surface area contributed by atoms with Crippen LogP contribution in [-0.2, 0) is 10.2 Å². The maximum absolute atomic E-state index is 13.0. The van der Waals surface area contributed by atoms with E-state index >= 15 is 0 Å². The highest BCUT2D eigenvalue weighted by atomic mass is 32.2. The molecule has 1 aliphatic carbocycles. The Morgan fingerprint density at radius 1 is 1.26 bits per heavy atom. The van der Waals surface area contributed by atoms with Crippen LogP contribution in [-0.4, -0.2) is 51.8 Å². The van der Waals surface area contributed by atoms with E-state index in [0.717, 1.165) is 25.7 Å². The lowest BCUT2D eigenvalue weighted by atomic mass is 9.98. The molecule has 1 fully saturated rings. The van der Waals surface area contributed by atoms with Gasteiger partial charge in [0.15, 0.2) is 0 Å². The van der Waals surface area contributed by atoms with Crippen molar-refractivity contribution in [3.8, 4) is 5.75 Å². The second-order valence-corrected chi connectivity index (χ2v) is 9.42. The Balaban J connectivity index is 1.51. The summed E-state index contributed by atoms with van der Waals surface area (Å²) in [5, 5.41) is 3.18. The molecule has 164 valence electrons. The van der Waals surface area contributed by atoms with Crippen LogP contribution in [0.4, 0.5) is 11.5 Å². The first-order chi connectivity index (χ1) is 14.8. The van der Waals surface area contributed by atoms with E-state index in [1.807, 2.05) is 19.0 Å². The van der Waals surface area contributed by atoms with Gasteiger partial charge in [0.25, 0.3) is 5.91 Å². The number of nitrogens with one attached hydrogen (secondary N) is 2. The van der Waals surface area contributed by atoms with Crippen molar-refractivity contribution in [3.63, 3.8) is 0 Å². The summed E-state index contributed by atoms with van der Waals surface area (Å²) in [7, 11) is 0.0370. The monoisotopic (exact) mass is 443 g/mol. The van der Waals surface area contributed by atoms with Gasteiger partial charge in [0.1, 0.15) is 18.2 Å². The van der Waals surface area contributed by atoms with Gasteiger partial charge in [0.05, 0.1) is 23.0 Å². The summed E-state index contributed by atoms with van der Waals surface area (Å²) in [6.45, 7) is 0.279. The number of ether oxygens (including phenoxy) is 1. The molecular formula is C21H25N5O4S. The van der Waals surface area contributed by atoms with E-state index in [1.165, 1.54) is 6.21 Å². The molecule has 4 rings (SSSR count). The smallest absolute Gasteiger partial charge is 0.342 e. The molecule has 0 saturated heterocycles. The van der Waals surface area contributed by atoms with Crippen molar-refractivity contribution in [1.29, 1.82) is 0 Å². The average Bonchev–Trinajstić information content (AvgIpc) is 3.20. The molecule has 31 heavy (non-hydrogen) atoms. The van der Waals surface area contributed by atoms with Crippen LogP contribution in [0.2, 0.25) is 0 Å². The van der Waals surface area contributed by atoms with Gasteiger partial charge in [-0.1, -0.05) is 18.9 Å². The van der Waals surface area contributed by atoms with E-state index in [-0.39, 0.29) is 12.5 Å². The topological polar surface area (TPSA) is 113 Å². The summed E-state index contributed by atoms with van der Waals surface area (Å²) >= 11 is 0. The maximum Gasteiger partial charge on any atom is 0.342 e. The quantitative estimate of drug-likeness (QED) is 0.709. The van der Waals surface area contributed by atoms with E-state index in [4.69, 9.17) is 4.74 Å². The third-order valence-corrected chi connectivity index (χ3v) is 6.40. The molecule has 2 aliphatic rings. The second kappa shape index (κ2) is 8.18. The third kappa shape index (κ3) is 4.63. The van der Waals surface area contributed by atoms with Gasteiger partial charge in [-0.05, 0) is 37.1 Å². The second-order valence-electron chi connectivity index (χ2n) is 8.06. The molecule has 1 aliphatic heterocycles. The minimum Gasteiger partial charge on any atom is -0.490 e. The Labute approximate surface area is 181 Å². The molecule has 0 bridgehead atoms. The lowest BCUT2D eigenvalue weighted by Gasteiger charge is -2.31. The first kappa shape index (κ1) is 21.1. The zero-order valence-corrected chi connectivity index (χ0v) is 18.3. The number of fused-ring (bicyclic) bond motifs is 1. The van der Waals surface area contributed by atoms with Gasteiger partial charge in [0, 0.05) is 25.9 Å². The zero-order valence-electron chi connectivity index (χ0n) is 17.5. The molecule has 2 heterocycles. The van der Waals surface area contributed by atoms with Gasteiger partial charge < -0.3 is 15.0 Å². The van der Waals surface area contributed by atoms with Crippen LogP contribution in [0.1, 0.15) is 41.6 Å². The molecule has 2 aromatic rings. The summed E-state index contributed by atoms with van der Waals surface area (Å²) in [4.78, 5) is 19.1. The number of aromatic nitrogens is 1. The lowest BCUT2D eigenvalue weighted by Crippen LogP contribution is -2.50. The minimum absolute atomic E-state index is 0.166. The highest BCUT2D eigenvalue weighted by Gasteiger charge is 2.37. The highest BCUT2D eigenvalue weighted by Crippen LogP contribution is 2.33. The molecular weight excluding hydrogens is 418 g/mol. The van der Waals surface area contributed by atoms with Crippen molar-refractivity contribution in [2.75, 3.05) is 30.3 Å². The molecule has 10 heteroatoms. The van der Waals surface area contributed by atoms with Crippen LogP contribution < -0.4 is 19.7 Å². The average molecular weight is 444 g/mol. The van der Waals surface area contributed by atoms with Gasteiger partial charge in [-0.25, -0.2) is 4.98 Å². The van der Waals surface area contributed by atoms with Crippen LogP contribution in [0.15, 0.2) is 40.9 Å². The van der Waals surface area contributed by atoms with Crippen molar-refractivity contribution < 1.29 is 17.9 Å². The number of nitrogens with zero attached hydrogens (tertiary/aromatic N) is 3. The summed E-state index contributed by atoms with van der Waals surface area (Å²) in [5.74, 6) is 1.06. The first-order valence-electron chi connectivity index (χ1n) is 10.1. The molecule has 1 amide bonds. The van der Waals surface area contributed by atoms with E-state index < -0.39 is 15.7 Å². The number of anilines is 2. The lowest BCUT2D eigenvalue weighted by molar-refractivity contribution is 0.0855. The Bertz CT molecular complexity index is 1120. The molecule has 0 atom stereocenters. The number of carbonyl (C=O) groups excluding carboxylic acids is 1. The van der Waals surface area contributed by atoms with Gasteiger partial charge in [-0.15, -0.1) is 0 Å². The minimum atomic E-state index is -3.71. The molecule has 0 spiro atoms. The van der Waals surface area contributed by atoms with E-state index in [1.54, 1.807) is 36.5 Å². The summed E-state index contributed by atoms with van der Waals surface area (Å²) in [6, 6.07) is 8.59. The van der Waals surface area contributed by atoms with Crippen LogP contribution >= 0.6 is 0 Å². The molecule has 0 radical (unpaired) electrons. The molecule has 0 unspecified atom stereocenters. The summed E-state index contributed by atoms with van der Waals surface area (Å²) in [6.07, 6.45) is 6.52. The van der Waals surface area contributed by atoms with Gasteiger partial charge in [-0.2, -0.15) is 12.8 Å². The fourth-order valence-corrected chi connectivity index (χ4v) is 4.62. The van der Waals surface area contributed by atoms with Crippen LogP contribution in [0.25, 0.3) is 0 Å². The van der Waals surface area contributed by atoms with Crippen molar-refractivity contribution in [2.24, 2.45) is 4.40 Å². The SMILES string of the molecule is CN(C)c1cc(C(=O)NC2(COc3cccc4c3C=NS(=O)(=O)N4)CCCC2)ccn1.